The van der Waals surface area contributed by atoms with Crippen molar-refractivity contribution < 1.29 is 27.6 Å². The van der Waals surface area contributed by atoms with Crippen LogP contribution in [0.4, 0.5) is 4.79 Å². The topological polar surface area (TPSA) is 142 Å². The van der Waals surface area contributed by atoms with E-state index in [0.29, 0.717) is 49.2 Å². The molecule has 5 amide bonds. The van der Waals surface area contributed by atoms with Gasteiger partial charge < -0.3 is 15.5 Å². The zero-order valence-electron chi connectivity index (χ0n) is 21.7. The van der Waals surface area contributed by atoms with Gasteiger partial charge in [-0.3, -0.25) is 19.7 Å². The third-order valence-electron chi connectivity index (χ3n) is 8.08. The van der Waals surface area contributed by atoms with Crippen LogP contribution in [0.1, 0.15) is 53.6 Å². The summed E-state index contributed by atoms with van der Waals surface area (Å²) in [6.45, 7) is 2.56. The van der Waals surface area contributed by atoms with E-state index >= 15 is 0 Å². The summed E-state index contributed by atoms with van der Waals surface area (Å²) in [6.07, 6.45) is 2.39. The normalized spacial score (nSPS) is 23.4. The van der Waals surface area contributed by atoms with Crippen molar-refractivity contribution in [2.24, 2.45) is 5.92 Å². The summed E-state index contributed by atoms with van der Waals surface area (Å²) in [5.74, 6) is -0.764. The van der Waals surface area contributed by atoms with Crippen LogP contribution in [0.2, 0.25) is 0 Å². The van der Waals surface area contributed by atoms with Gasteiger partial charge in [-0.05, 0) is 66.8 Å². The summed E-state index contributed by atoms with van der Waals surface area (Å²) in [4.78, 5) is 51.4. The largest absolute Gasteiger partial charge is 0.346 e. The first-order valence-corrected chi connectivity index (χ1v) is 14.9. The predicted molar refractivity (Wildman–Crippen MR) is 143 cm³/mol. The van der Waals surface area contributed by atoms with Gasteiger partial charge in [0.15, 0.2) is 9.84 Å². The summed E-state index contributed by atoms with van der Waals surface area (Å²) >= 11 is 0. The fourth-order valence-corrected chi connectivity index (χ4v) is 7.61. The van der Waals surface area contributed by atoms with E-state index in [1.54, 1.807) is 29.2 Å². The molecular weight excluding hydrogens is 520 g/mol. The SMILES string of the molecule is CC(=O)N1CCC(C(NC(=O)c2ccc(CC3CCS(=O)(=O)c4ccccc43)cc2)C2NC(=O)NC2=O)CC1. The van der Waals surface area contributed by atoms with Crippen LogP contribution in [0.3, 0.4) is 0 Å². The Morgan fingerprint density at radius 1 is 1.03 bits per heavy atom. The highest BCUT2D eigenvalue weighted by Gasteiger charge is 2.42. The van der Waals surface area contributed by atoms with Gasteiger partial charge in [0.05, 0.1) is 16.7 Å². The maximum absolute atomic E-state index is 13.3. The number of rotatable bonds is 6. The van der Waals surface area contributed by atoms with Crippen molar-refractivity contribution in [3.8, 4) is 0 Å². The summed E-state index contributed by atoms with van der Waals surface area (Å²) in [5.41, 5.74) is 2.24. The number of hydrogen-bond donors (Lipinski definition) is 3. The lowest BCUT2D eigenvalue weighted by Gasteiger charge is -2.37. The van der Waals surface area contributed by atoms with E-state index in [2.05, 4.69) is 16.0 Å². The molecule has 0 aliphatic carbocycles. The molecule has 206 valence electrons. The molecule has 39 heavy (non-hydrogen) atoms. The Labute approximate surface area is 227 Å². The van der Waals surface area contributed by atoms with Crippen LogP contribution in [0.25, 0.3) is 0 Å². The molecule has 0 spiro atoms. The van der Waals surface area contributed by atoms with Crippen LogP contribution < -0.4 is 16.0 Å². The first-order valence-electron chi connectivity index (χ1n) is 13.2. The number of hydrogen-bond acceptors (Lipinski definition) is 6. The van der Waals surface area contributed by atoms with E-state index in [-0.39, 0.29) is 29.4 Å². The van der Waals surface area contributed by atoms with Gasteiger partial charge >= 0.3 is 6.03 Å². The molecule has 3 aliphatic rings. The molecule has 5 rings (SSSR count). The molecule has 3 N–H and O–H groups in total. The van der Waals surface area contributed by atoms with Gasteiger partial charge in [0.25, 0.3) is 11.8 Å². The summed E-state index contributed by atoms with van der Waals surface area (Å²) in [5, 5.41) is 7.84. The molecule has 3 aliphatic heterocycles. The van der Waals surface area contributed by atoms with E-state index in [4.69, 9.17) is 0 Å². The molecule has 0 saturated carbocycles. The number of piperidine rings is 1. The van der Waals surface area contributed by atoms with Crippen molar-refractivity contribution in [1.82, 2.24) is 20.9 Å². The Hall–Kier alpha value is -3.73. The highest BCUT2D eigenvalue weighted by atomic mass is 32.2. The van der Waals surface area contributed by atoms with Gasteiger partial charge in [0.1, 0.15) is 6.04 Å². The minimum absolute atomic E-state index is 0.0145. The van der Waals surface area contributed by atoms with Crippen LogP contribution in [-0.2, 0) is 25.8 Å². The molecule has 3 heterocycles. The second-order valence-electron chi connectivity index (χ2n) is 10.5. The number of fused-ring (bicyclic) bond motifs is 1. The lowest BCUT2D eigenvalue weighted by atomic mass is 9.84. The number of urea groups is 1. The Morgan fingerprint density at radius 2 is 1.72 bits per heavy atom. The molecule has 2 saturated heterocycles. The number of nitrogens with zero attached hydrogens (tertiary/aromatic N) is 1. The minimum atomic E-state index is -3.25. The molecule has 0 aromatic heterocycles. The van der Waals surface area contributed by atoms with Crippen molar-refractivity contribution >= 4 is 33.6 Å². The Morgan fingerprint density at radius 3 is 2.36 bits per heavy atom. The number of nitrogens with one attached hydrogen (secondary N) is 3. The third-order valence-corrected chi connectivity index (χ3v) is 9.90. The van der Waals surface area contributed by atoms with Gasteiger partial charge in [-0.15, -0.1) is 0 Å². The fraction of sp³-hybridized carbons (Fsp3) is 0.429. The fourth-order valence-electron chi connectivity index (χ4n) is 5.92. The Kier molecular flexibility index (Phi) is 7.44. The molecule has 0 bridgehead atoms. The van der Waals surface area contributed by atoms with Gasteiger partial charge in [0.2, 0.25) is 5.91 Å². The van der Waals surface area contributed by atoms with Crippen molar-refractivity contribution in [2.75, 3.05) is 18.8 Å². The van der Waals surface area contributed by atoms with Gasteiger partial charge in [-0.25, -0.2) is 13.2 Å². The van der Waals surface area contributed by atoms with E-state index < -0.39 is 33.9 Å². The predicted octanol–water partition coefficient (Wildman–Crippen LogP) is 1.76. The Balaban J connectivity index is 1.29. The second kappa shape index (κ2) is 10.8. The maximum atomic E-state index is 13.3. The average Bonchev–Trinajstić information content (AvgIpc) is 3.26. The Bertz CT molecular complexity index is 1400. The van der Waals surface area contributed by atoms with Gasteiger partial charge in [-0.1, -0.05) is 30.3 Å². The summed E-state index contributed by atoms with van der Waals surface area (Å²) in [7, 11) is -3.25. The molecular formula is C28H32N4O6S. The number of likely N-dealkylation sites (tertiary alicyclic amines) is 1. The van der Waals surface area contributed by atoms with Crippen molar-refractivity contribution in [1.29, 1.82) is 0 Å². The number of carbonyl (C=O) groups is 4. The zero-order chi connectivity index (χ0) is 27.7. The molecule has 0 radical (unpaired) electrons. The van der Waals surface area contributed by atoms with Crippen molar-refractivity contribution in [3.63, 3.8) is 0 Å². The molecule has 3 unspecified atom stereocenters. The average molecular weight is 553 g/mol. The van der Waals surface area contributed by atoms with Crippen LogP contribution in [0.15, 0.2) is 53.4 Å². The van der Waals surface area contributed by atoms with Gasteiger partial charge in [0, 0.05) is 25.6 Å². The van der Waals surface area contributed by atoms with Crippen LogP contribution in [0, 0.1) is 5.92 Å². The highest BCUT2D eigenvalue weighted by molar-refractivity contribution is 7.91. The van der Waals surface area contributed by atoms with Crippen molar-refractivity contribution in [2.45, 2.75) is 55.5 Å². The van der Waals surface area contributed by atoms with Gasteiger partial charge in [-0.2, -0.15) is 0 Å². The smallest absolute Gasteiger partial charge is 0.322 e. The first kappa shape index (κ1) is 26.9. The summed E-state index contributed by atoms with van der Waals surface area (Å²) in [6, 6.07) is 12.2. The molecule has 10 nitrogen and oxygen atoms in total. The lowest BCUT2D eigenvalue weighted by molar-refractivity contribution is -0.130. The molecule has 2 fully saturated rings. The lowest BCUT2D eigenvalue weighted by Crippen LogP contribution is -2.56. The first-order chi connectivity index (χ1) is 18.6. The molecule has 11 heteroatoms. The number of carbonyl (C=O) groups excluding carboxylic acids is 4. The molecule has 2 aromatic rings. The van der Waals surface area contributed by atoms with Crippen LogP contribution >= 0.6 is 0 Å². The minimum Gasteiger partial charge on any atom is -0.346 e. The monoisotopic (exact) mass is 552 g/mol. The number of benzene rings is 2. The van der Waals surface area contributed by atoms with E-state index in [9.17, 15) is 27.6 Å². The quantitative estimate of drug-likeness (QED) is 0.466. The standard InChI is InChI=1S/C28H32N4O6S/c1-17(33)32-13-10-19(11-14-32)24(25-27(35)31-28(36)30-25)29-26(34)20-8-6-18(7-9-20)16-21-12-15-39(37,38)23-5-3-2-4-22(21)23/h2-9,19,21,24-25H,10-16H2,1H3,(H,29,34)(H2,30,31,35,36). The van der Waals surface area contributed by atoms with E-state index in [1.807, 2.05) is 24.3 Å². The number of imide groups is 1. The van der Waals surface area contributed by atoms with E-state index in [0.717, 1.165) is 11.1 Å². The van der Waals surface area contributed by atoms with Crippen molar-refractivity contribution in [3.05, 3.63) is 65.2 Å². The highest BCUT2D eigenvalue weighted by Crippen LogP contribution is 2.35. The number of sulfone groups is 1. The maximum Gasteiger partial charge on any atom is 0.322 e. The second-order valence-corrected chi connectivity index (χ2v) is 12.6. The zero-order valence-corrected chi connectivity index (χ0v) is 22.5. The molecule has 3 atom stereocenters. The number of amides is 5. The summed E-state index contributed by atoms with van der Waals surface area (Å²) < 4.78 is 24.9. The third kappa shape index (κ3) is 5.68. The van der Waals surface area contributed by atoms with Crippen LogP contribution in [-0.4, -0.2) is 68.0 Å². The molecule has 2 aromatic carbocycles. The van der Waals surface area contributed by atoms with E-state index in [1.165, 1.54) is 6.92 Å². The van der Waals surface area contributed by atoms with Crippen LogP contribution in [0.5, 0.6) is 0 Å².